The predicted octanol–water partition coefficient (Wildman–Crippen LogP) is 0.928. The number of unbranched alkanes of at least 4 members (excludes halogenated alkanes) is 3. The van der Waals surface area contributed by atoms with Crippen LogP contribution in [0.1, 0.15) is 44.9 Å². The van der Waals surface area contributed by atoms with Gasteiger partial charge in [-0.05, 0) is 25.7 Å². The summed E-state index contributed by atoms with van der Waals surface area (Å²) in [4.78, 5) is 34.9. The molecule has 120 valence electrons. The number of nitrogens with one attached hydrogen (secondary N) is 1. The first kappa shape index (κ1) is 17.3. The van der Waals surface area contributed by atoms with Gasteiger partial charge < -0.3 is 21.1 Å². The first-order valence-electron chi connectivity index (χ1n) is 7.54. The molecule has 0 radical (unpaired) electrons. The number of nitrogens with two attached hydrogens (primary N) is 1. The number of carbonyl (C=O) groups is 3. The lowest BCUT2D eigenvalue weighted by atomic mass is 9.96. The molecule has 0 saturated carbocycles. The smallest absolute Gasteiger partial charge is 0.317 e. The molecule has 1 aliphatic rings. The molecule has 21 heavy (non-hydrogen) atoms. The standard InChI is InChI=1S/C14H25N3O4/c15-13(20)11-6-9-17(10-7-11)14(21)16-8-4-2-1-3-5-12(18)19/h11H,1-10H2,(H2,15,20)(H,16,21)(H,18,19). The monoisotopic (exact) mass is 299 g/mol. The predicted molar refractivity (Wildman–Crippen MR) is 77.6 cm³/mol. The molecular formula is C14H25N3O4. The highest BCUT2D eigenvalue weighted by molar-refractivity contribution is 5.78. The summed E-state index contributed by atoms with van der Waals surface area (Å²) in [5.41, 5.74) is 5.25. The van der Waals surface area contributed by atoms with Gasteiger partial charge in [0.1, 0.15) is 0 Å². The van der Waals surface area contributed by atoms with Gasteiger partial charge in [0.25, 0.3) is 0 Å². The van der Waals surface area contributed by atoms with Gasteiger partial charge in [-0.1, -0.05) is 12.8 Å². The van der Waals surface area contributed by atoms with E-state index in [1.54, 1.807) is 4.90 Å². The van der Waals surface area contributed by atoms with Crippen LogP contribution < -0.4 is 11.1 Å². The molecule has 7 nitrogen and oxygen atoms in total. The Morgan fingerprint density at radius 1 is 1.10 bits per heavy atom. The Morgan fingerprint density at radius 3 is 2.29 bits per heavy atom. The van der Waals surface area contributed by atoms with Gasteiger partial charge in [0, 0.05) is 32.0 Å². The number of carboxylic acids is 1. The van der Waals surface area contributed by atoms with E-state index >= 15 is 0 Å². The maximum Gasteiger partial charge on any atom is 0.317 e. The van der Waals surface area contributed by atoms with Gasteiger partial charge >= 0.3 is 12.0 Å². The van der Waals surface area contributed by atoms with Gasteiger partial charge in [-0.25, -0.2) is 4.79 Å². The Labute approximate surface area is 124 Å². The number of nitrogens with zero attached hydrogens (tertiary/aromatic N) is 1. The van der Waals surface area contributed by atoms with Crippen molar-refractivity contribution in [3.63, 3.8) is 0 Å². The molecule has 0 atom stereocenters. The fourth-order valence-corrected chi connectivity index (χ4v) is 2.43. The molecule has 1 aliphatic heterocycles. The zero-order valence-electron chi connectivity index (χ0n) is 12.3. The Hall–Kier alpha value is -1.79. The lowest BCUT2D eigenvalue weighted by molar-refractivity contribution is -0.137. The Bertz CT molecular complexity index is 365. The average molecular weight is 299 g/mol. The average Bonchev–Trinajstić information content (AvgIpc) is 2.45. The van der Waals surface area contributed by atoms with E-state index in [4.69, 9.17) is 10.8 Å². The van der Waals surface area contributed by atoms with Crippen LogP contribution in [-0.4, -0.2) is 47.5 Å². The number of piperidine rings is 1. The molecule has 0 aromatic heterocycles. The van der Waals surface area contributed by atoms with E-state index in [-0.39, 0.29) is 24.3 Å². The molecule has 0 unspecified atom stereocenters. The zero-order valence-corrected chi connectivity index (χ0v) is 12.3. The number of carboxylic acid groups (broad SMARTS) is 1. The number of likely N-dealkylation sites (tertiary alicyclic amines) is 1. The van der Waals surface area contributed by atoms with E-state index in [1.165, 1.54) is 0 Å². The van der Waals surface area contributed by atoms with Crippen molar-refractivity contribution in [2.75, 3.05) is 19.6 Å². The normalized spacial score (nSPS) is 15.7. The quantitative estimate of drug-likeness (QED) is 0.578. The van der Waals surface area contributed by atoms with Crippen molar-refractivity contribution in [3.05, 3.63) is 0 Å². The Kier molecular flexibility index (Phi) is 7.56. The molecule has 0 bridgehead atoms. The highest BCUT2D eigenvalue weighted by Gasteiger charge is 2.25. The van der Waals surface area contributed by atoms with Crippen LogP contribution in [0.5, 0.6) is 0 Å². The van der Waals surface area contributed by atoms with Crippen LogP contribution >= 0.6 is 0 Å². The molecule has 1 fully saturated rings. The molecule has 0 aromatic carbocycles. The van der Waals surface area contributed by atoms with Crippen LogP contribution in [0.4, 0.5) is 4.79 Å². The van der Waals surface area contributed by atoms with Gasteiger partial charge in [0.2, 0.25) is 5.91 Å². The Balaban J connectivity index is 2.04. The zero-order chi connectivity index (χ0) is 15.7. The van der Waals surface area contributed by atoms with Crippen molar-refractivity contribution >= 4 is 17.9 Å². The maximum absolute atomic E-state index is 11.9. The first-order chi connectivity index (χ1) is 10.0. The van der Waals surface area contributed by atoms with E-state index < -0.39 is 5.97 Å². The maximum atomic E-state index is 11.9. The van der Waals surface area contributed by atoms with Gasteiger partial charge in [0.15, 0.2) is 0 Å². The highest BCUT2D eigenvalue weighted by atomic mass is 16.4. The number of urea groups is 1. The van der Waals surface area contributed by atoms with Gasteiger partial charge in [-0.3, -0.25) is 9.59 Å². The highest BCUT2D eigenvalue weighted by Crippen LogP contribution is 2.16. The molecule has 3 amide bonds. The van der Waals surface area contributed by atoms with Crippen molar-refractivity contribution in [2.24, 2.45) is 11.7 Å². The summed E-state index contributed by atoms with van der Waals surface area (Å²) < 4.78 is 0. The van der Waals surface area contributed by atoms with Crippen LogP contribution in [0, 0.1) is 5.92 Å². The molecular weight excluding hydrogens is 274 g/mol. The number of hydrogen-bond donors (Lipinski definition) is 3. The van der Waals surface area contributed by atoms with Gasteiger partial charge in [-0.2, -0.15) is 0 Å². The van der Waals surface area contributed by atoms with E-state index in [0.717, 1.165) is 19.3 Å². The van der Waals surface area contributed by atoms with Gasteiger partial charge in [-0.15, -0.1) is 0 Å². The minimum atomic E-state index is -0.761. The summed E-state index contributed by atoms with van der Waals surface area (Å²) >= 11 is 0. The second-order valence-electron chi connectivity index (χ2n) is 5.45. The molecule has 0 spiro atoms. The number of carbonyl (C=O) groups excluding carboxylic acids is 2. The molecule has 4 N–H and O–H groups in total. The van der Waals surface area contributed by atoms with E-state index in [0.29, 0.717) is 38.9 Å². The van der Waals surface area contributed by atoms with E-state index in [1.807, 2.05) is 0 Å². The summed E-state index contributed by atoms with van der Waals surface area (Å²) in [6, 6.07) is -0.0940. The third-order valence-corrected chi connectivity index (χ3v) is 3.78. The summed E-state index contributed by atoms with van der Waals surface area (Å²) in [6.07, 6.45) is 4.80. The minimum Gasteiger partial charge on any atom is -0.481 e. The number of amides is 3. The number of hydrogen-bond acceptors (Lipinski definition) is 3. The number of rotatable bonds is 8. The van der Waals surface area contributed by atoms with Crippen molar-refractivity contribution < 1.29 is 19.5 Å². The fraction of sp³-hybridized carbons (Fsp3) is 0.786. The van der Waals surface area contributed by atoms with Crippen molar-refractivity contribution in [1.82, 2.24) is 10.2 Å². The number of aliphatic carboxylic acids is 1. The molecule has 7 heteroatoms. The van der Waals surface area contributed by atoms with Crippen LogP contribution in [0.2, 0.25) is 0 Å². The second-order valence-corrected chi connectivity index (χ2v) is 5.45. The number of primary amides is 1. The summed E-state index contributed by atoms with van der Waals surface area (Å²) in [6.45, 7) is 1.73. The molecule has 0 aromatic rings. The van der Waals surface area contributed by atoms with Crippen LogP contribution in [-0.2, 0) is 9.59 Å². The van der Waals surface area contributed by atoms with Crippen LogP contribution in [0.3, 0.4) is 0 Å². The summed E-state index contributed by atoms with van der Waals surface area (Å²) in [7, 11) is 0. The summed E-state index contributed by atoms with van der Waals surface area (Å²) in [5.74, 6) is -1.15. The van der Waals surface area contributed by atoms with Gasteiger partial charge in [0.05, 0.1) is 0 Å². The lowest BCUT2D eigenvalue weighted by Gasteiger charge is -2.30. The van der Waals surface area contributed by atoms with Crippen molar-refractivity contribution in [2.45, 2.75) is 44.9 Å². The largest absolute Gasteiger partial charge is 0.481 e. The fourth-order valence-electron chi connectivity index (χ4n) is 2.43. The molecule has 0 aliphatic carbocycles. The molecule has 1 rings (SSSR count). The molecule has 1 heterocycles. The Morgan fingerprint density at radius 2 is 1.71 bits per heavy atom. The lowest BCUT2D eigenvalue weighted by Crippen LogP contribution is -2.46. The van der Waals surface area contributed by atoms with Crippen LogP contribution in [0.25, 0.3) is 0 Å². The van der Waals surface area contributed by atoms with E-state index in [2.05, 4.69) is 5.32 Å². The third-order valence-electron chi connectivity index (χ3n) is 3.78. The first-order valence-corrected chi connectivity index (χ1v) is 7.54. The third kappa shape index (κ3) is 6.97. The molecule has 1 saturated heterocycles. The second kappa shape index (κ2) is 9.20. The summed E-state index contributed by atoms with van der Waals surface area (Å²) in [5, 5.41) is 11.3. The SMILES string of the molecule is NC(=O)C1CCN(C(=O)NCCCCCCC(=O)O)CC1. The minimum absolute atomic E-state index is 0.0940. The van der Waals surface area contributed by atoms with Crippen LogP contribution in [0.15, 0.2) is 0 Å². The topological polar surface area (TPSA) is 113 Å². The van der Waals surface area contributed by atoms with E-state index in [9.17, 15) is 14.4 Å². The van der Waals surface area contributed by atoms with Crippen molar-refractivity contribution in [3.8, 4) is 0 Å². The van der Waals surface area contributed by atoms with Crippen molar-refractivity contribution in [1.29, 1.82) is 0 Å².